The van der Waals surface area contributed by atoms with Gasteiger partial charge in [-0.05, 0) is 122 Å². The summed E-state index contributed by atoms with van der Waals surface area (Å²) in [4.78, 5) is 13.3. The second-order valence-corrected chi connectivity index (χ2v) is 34.5. The van der Waals surface area contributed by atoms with Crippen molar-refractivity contribution in [3.05, 3.63) is 12.2 Å². The van der Waals surface area contributed by atoms with Crippen LogP contribution in [0.4, 0.5) is 0 Å². The van der Waals surface area contributed by atoms with Gasteiger partial charge in [0.15, 0.2) is 30.7 Å². The minimum atomic E-state index is -1.95. The van der Waals surface area contributed by atoms with Gasteiger partial charge in [0.05, 0.1) is 0 Å². The summed E-state index contributed by atoms with van der Waals surface area (Å²) in [5.41, 5.74) is -0.179. The van der Waals surface area contributed by atoms with Crippen molar-refractivity contribution in [3.63, 3.8) is 0 Å². The molecular formula is C37H72O4Si3. The van der Waals surface area contributed by atoms with Crippen molar-refractivity contribution in [2.24, 2.45) is 34.5 Å². The Balaban J connectivity index is 2.01. The van der Waals surface area contributed by atoms with Crippen LogP contribution >= 0.6 is 0 Å². The van der Waals surface area contributed by atoms with Gasteiger partial charge in [-0.2, -0.15) is 0 Å². The van der Waals surface area contributed by atoms with E-state index in [0.29, 0.717) is 29.6 Å². The molecule has 0 heterocycles. The fourth-order valence-electron chi connectivity index (χ4n) is 7.50. The number of fused-ring (bicyclic) bond motifs is 1. The Kier molecular flexibility index (Phi) is 10.8. The van der Waals surface area contributed by atoms with E-state index in [1.54, 1.807) is 0 Å². The number of hydrogen-bond acceptors (Lipinski definition) is 4. The van der Waals surface area contributed by atoms with Gasteiger partial charge in [0.1, 0.15) is 0 Å². The van der Waals surface area contributed by atoms with E-state index in [0.717, 1.165) is 45.3 Å². The van der Waals surface area contributed by atoms with Gasteiger partial charge >= 0.3 is 0 Å². The summed E-state index contributed by atoms with van der Waals surface area (Å²) >= 11 is 0. The fourth-order valence-corrected chi connectivity index (χ4v) is 11.0. The highest BCUT2D eigenvalue weighted by molar-refractivity contribution is 6.74. The summed E-state index contributed by atoms with van der Waals surface area (Å²) in [5.74, 6) is 1.82. The number of rotatable bonds is 9. The number of carbonyl (C=O) groups excluding carboxylic acids is 1. The highest BCUT2D eigenvalue weighted by Gasteiger charge is 2.58. The van der Waals surface area contributed by atoms with Gasteiger partial charge in [-0.15, -0.1) is 0 Å². The first-order valence-corrected chi connectivity index (χ1v) is 26.5. The maximum atomic E-state index is 13.3. The standard InChI is InChI=1S/C37H72O4Si3/c1-33(2,3)42(12,13)39-25-27-24-28(41-44(16,17)35(7,8)9)20-22-36(27,10)31-21-23-37(11)30(18-19-32(37)38)29(31)26-40-43(14,15)34(4,5)6/h18-19,27-31H,20-26H2,1-17H3/t27-,28+,29+,30+,31+,36-,37+/m1/s1. The van der Waals surface area contributed by atoms with Crippen LogP contribution in [0.2, 0.25) is 54.4 Å². The molecule has 0 aliphatic heterocycles. The molecule has 7 heteroatoms. The molecule has 0 spiro atoms. The highest BCUT2D eigenvalue weighted by Crippen LogP contribution is 2.61. The van der Waals surface area contributed by atoms with Crippen LogP contribution in [0, 0.1) is 34.5 Å². The molecule has 0 aromatic carbocycles. The Morgan fingerprint density at radius 1 is 0.750 bits per heavy atom. The second-order valence-electron chi connectivity index (χ2n) is 20.1. The van der Waals surface area contributed by atoms with Gasteiger partial charge < -0.3 is 13.3 Å². The van der Waals surface area contributed by atoms with Crippen molar-refractivity contribution < 1.29 is 18.1 Å². The predicted molar refractivity (Wildman–Crippen MR) is 196 cm³/mol. The molecule has 0 bridgehead atoms. The number of carbonyl (C=O) groups is 1. The van der Waals surface area contributed by atoms with Gasteiger partial charge in [-0.3, -0.25) is 4.79 Å². The van der Waals surface area contributed by atoms with Crippen LogP contribution in [-0.2, 0) is 18.1 Å². The van der Waals surface area contributed by atoms with E-state index in [-0.39, 0.29) is 31.9 Å². The zero-order chi connectivity index (χ0) is 33.9. The number of allylic oxidation sites excluding steroid dienone is 2. The Labute approximate surface area is 276 Å². The lowest BCUT2D eigenvalue weighted by Crippen LogP contribution is -2.56. The van der Waals surface area contributed by atoms with Crippen LogP contribution in [0.15, 0.2) is 12.2 Å². The van der Waals surface area contributed by atoms with Crippen molar-refractivity contribution in [3.8, 4) is 0 Å². The molecule has 0 N–H and O–H groups in total. The third kappa shape index (κ3) is 7.48. The van der Waals surface area contributed by atoms with E-state index in [9.17, 15) is 4.79 Å². The van der Waals surface area contributed by atoms with Crippen molar-refractivity contribution >= 4 is 30.7 Å². The molecule has 0 amide bonds. The Morgan fingerprint density at radius 3 is 1.75 bits per heavy atom. The molecule has 0 saturated heterocycles. The minimum absolute atomic E-state index is 0.109. The molecule has 4 nitrogen and oxygen atoms in total. The second kappa shape index (κ2) is 12.4. The zero-order valence-electron chi connectivity index (χ0n) is 32.1. The Morgan fingerprint density at radius 2 is 1.25 bits per heavy atom. The van der Waals surface area contributed by atoms with Crippen molar-refractivity contribution in [2.75, 3.05) is 13.2 Å². The molecule has 0 radical (unpaired) electrons. The molecular weight excluding hydrogens is 593 g/mol. The maximum absolute atomic E-state index is 13.3. The van der Waals surface area contributed by atoms with Crippen LogP contribution in [-0.4, -0.2) is 50.1 Å². The maximum Gasteiger partial charge on any atom is 0.192 e. The SMILES string of the molecule is CC(C)(C)[Si](C)(C)OC[C@@H]1[C@@H]([C@]2(C)CC[C@H](O[Si](C)(C)C(C)(C)C)C[C@@H]2CO[Si](C)(C)C(C)(C)C)CC[C@]2(C)C(=O)C=C[C@@H]12. The minimum Gasteiger partial charge on any atom is -0.417 e. The van der Waals surface area contributed by atoms with E-state index in [4.69, 9.17) is 13.3 Å². The van der Waals surface area contributed by atoms with Crippen molar-refractivity contribution in [2.45, 2.75) is 169 Å². The van der Waals surface area contributed by atoms with Gasteiger partial charge in [-0.1, -0.05) is 82.2 Å². The topological polar surface area (TPSA) is 44.8 Å². The Hall–Kier alpha value is -0.0594. The number of ketones is 1. The smallest absolute Gasteiger partial charge is 0.192 e. The molecule has 0 aromatic heterocycles. The van der Waals surface area contributed by atoms with Crippen LogP contribution in [0.1, 0.15) is 108 Å². The summed E-state index contributed by atoms with van der Waals surface area (Å²) < 4.78 is 21.3. The molecule has 256 valence electrons. The molecule has 44 heavy (non-hydrogen) atoms. The van der Waals surface area contributed by atoms with Gasteiger partial charge in [-0.25, -0.2) is 0 Å². The van der Waals surface area contributed by atoms with Gasteiger partial charge in [0, 0.05) is 24.7 Å². The van der Waals surface area contributed by atoms with E-state index < -0.39 is 25.0 Å². The van der Waals surface area contributed by atoms with Gasteiger partial charge in [0.25, 0.3) is 0 Å². The average molecular weight is 665 g/mol. The molecule has 2 saturated carbocycles. The first kappa shape index (κ1) is 38.4. The van der Waals surface area contributed by atoms with Crippen LogP contribution in [0.5, 0.6) is 0 Å². The monoisotopic (exact) mass is 664 g/mol. The highest BCUT2D eigenvalue weighted by atomic mass is 28.4. The summed E-state index contributed by atoms with van der Waals surface area (Å²) in [5, 5.41) is 0.531. The average Bonchev–Trinajstić information content (AvgIpc) is 3.15. The zero-order valence-corrected chi connectivity index (χ0v) is 35.1. The lowest BCUT2D eigenvalue weighted by molar-refractivity contribution is -0.135. The molecule has 7 atom stereocenters. The molecule has 2 fully saturated rings. The Bertz CT molecular complexity index is 1060. The normalized spacial score (nSPS) is 34.4. The summed E-state index contributed by atoms with van der Waals surface area (Å²) in [6, 6.07) is 0. The summed E-state index contributed by atoms with van der Waals surface area (Å²) in [6.07, 6.45) is 9.86. The third-order valence-corrected chi connectivity index (χ3v) is 27.7. The van der Waals surface area contributed by atoms with Crippen molar-refractivity contribution in [1.29, 1.82) is 0 Å². The van der Waals surface area contributed by atoms with Crippen LogP contribution < -0.4 is 0 Å². The van der Waals surface area contributed by atoms with Crippen molar-refractivity contribution in [1.82, 2.24) is 0 Å². The largest absolute Gasteiger partial charge is 0.417 e. The lowest BCUT2D eigenvalue weighted by atomic mass is 9.49. The molecule has 0 unspecified atom stereocenters. The van der Waals surface area contributed by atoms with E-state index in [2.05, 4.69) is 122 Å². The van der Waals surface area contributed by atoms with Crippen LogP contribution in [0.25, 0.3) is 0 Å². The number of hydrogen-bond donors (Lipinski definition) is 0. The fraction of sp³-hybridized carbons (Fsp3) is 0.919. The molecule has 3 rings (SSSR count). The molecule has 3 aliphatic carbocycles. The lowest BCUT2D eigenvalue weighted by Gasteiger charge is -2.57. The third-order valence-electron chi connectivity index (χ3n) is 14.2. The first-order valence-electron chi connectivity index (χ1n) is 17.8. The molecule has 0 aromatic rings. The van der Waals surface area contributed by atoms with E-state index in [1.165, 1.54) is 0 Å². The molecule has 3 aliphatic rings. The van der Waals surface area contributed by atoms with E-state index >= 15 is 0 Å². The summed E-state index contributed by atoms with van der Waals surface area (Å²) in [7, 11) is -5.77. The quantitative estimate of drug-likeness (QED) is 0.230. The van der Waals surface area contributed by atoms with E-state index in [1.807, 2.05) is 6.08 Å². The summed E-state index contributed by atoms with van der Waals surface area (Å²) in [6.45, 7) is 41.9. The van der Waals surface area contributed by atoms with Crippen LogP contribution in [0.3, 0.4) is 0 Å². The predicted octanol–water partition coefficient (Wildman–Crippen LogP) is 11.0. The first-order chi connectivity index (χ1) is 19.6. The van der Waals surface area contributed by atoms with Gasteiger partial charge in [0.2, 0.25) is 0 Å².